The number of hydrogen-bond acceptors (Lipinski definition) is 9. The maximum absolute atomic E-state index is 10.8. The molecule has 2 aromatic heterocycles. The van der Waals surface area contributed by atoms with E-state index < -0.39 is 39.0 Å². The largest absolute Gasteiger partial charge is 0.469 e. The molecule has 132 valence electrons. The third kappa shape index (κ3) is 3.13. The van der Waals surface area contributed by atoms with Crippen molar-refractivity contribution in [2.45, 2.75) is 31.5 Å². The Bertz CT molecular complexity index is 807. The maximum atomic E-state index is 10.8. The first-order chi connectivity index (χ1) is 11.2. The second-order valence-electron chi connectivity index (χ2n) is 5.31. The van der Waals surface area contributed by atoms with Crippen LogP contribution in [0.25, 0.3) is 11.2 Å². The zero-order chi connectivity index (χ0) is 17.6. The first kappa shape index (κ1) is 17.2. The van der Waals surface area contributed by atoms with Crippen molar-refractivity contribution in [1.29, 1.82) is 0 Å². The summed E-state index contributed by atoms with van der Waals surface area (Å²) in [5.41, 5.74) is 6.37. The molecule has 3 heterocycles. The van der Waals surface area contributed by atoms with Crippen LogP contribution in [0.2, 0.25) is 0 Å². The van der Waals surface area contributed by atoms with Gasteiger partial charge in [-0.05, 0) is 6.92 Å². The minimum absolute atomic E-state index is 0.158. The van der Waals surface area contributed by atoms with E-state index in [2.05, 4.69) is 19.5 Å². The van der Waals surface area contributed by atoms with Gasteiger partial charge in [0.1, 0.15) is 29.7 Å². The lowest BCUT2D eigenvalue weighted by molar-refractivity contribution is -0.0504. The summed E-state index contributed by atoms with van der Waals surface area (Å²) in [6.07, 6.45) is -3.70. The Balaban J connectivity index is 1.89. The third-order valence-electron chi connectivity index (χ3n) is 3.58. The Morgan fingerprint density at radius 2 is 2.08 bits per heavy atom. The summed E-state index contributed by atoms with van der Waals surface area (Å²) in [5.74, 6) is 0.543. The van der Waals surface area contributed by atoms with Gasteiger partial charge in [-0.1, -0.05) is 0 Å². The number of ether oxygens (including phenoxy) is 1. The molecule has 12 nitrogen and oxygen atoms in total. The number of aryl methyl sites for hydroxylation is 1. The minimum Gasteiger partial charge on any atom is -0.387 e. The minimum atomic E-state index is -4.73. The number of aromatic nitrogens is 4. The highest BCUT2D eigenvalue weighted by molar-refractivity contribution is 7.46. The molecule has 1 saturated heterocycles. The highest BCUT2D eigenvalue weighted by atomic mass is 31.2. The summed E-state index contributed by atoms with van der Waals surface area (Å²) >= 11 is 0. The van der Waals surface area contributed by atoms with Crippen LogP contribution in [0.1, 0.15) is 12.1 Å². The van der Waals surface area contributed by atoms with Gasteiger partial charge in [0.15, 0.2) is 17.7 Å². The summed E-state index contributed by atoms with van der Waals surface area (Å²) in [7, 11) is -4.73. The third-order valence-corrected chi connectivity index (χ3v) is 4.06. The van der Waals surface area contributed by atoms with Crippen LogP contribution in [-0.4, -0.2) is 64.4 Å². The average molecular weight is 361 g/mol. The predicted octanol–water partition coefficient (Wildman–Crippen LogP) is -1.55. The molecule has 24 heavy (non-hydrogen) atoms. The number of anilines is 1. The van der Waals surface area contributed by atoms with Gasteiger partial charge in [0.25, 0.3) is 0 Å². The van der Waals surface area contributed by atoms with Crippen LogP contribution in [0.3, 0.4) is 0 Å². The Morgan fingerprint density at radius 3 is 2.75 bits per heavy atom. The second kappa shape index (κ2) is 6.01. The van der Waals surface area contributed by atoms with Crippen LogP contribution in [0.5, 0.6) is 0 Å². The molecule has 0 bridgehead atoms. The van der Waals surface area contributed by atoms with Gasteiger partial charge in [0.2, 0.25) is 0 Å². The Hall–Kier alpha value is -1.66. The number of nitrogen functional groups attached to an aromatic ring is 1. The molecular weight excluding hydrogens is 345 g/mol. The van der Waals surface area contributed by atoms with Crippen LogP contribution in [0, 0.1) is 6.92 Å². The van der Waals surface area contributed by atoms with Gasteiger partial charge in [0, 0.05) is 0 Å². The normalized spacial score (nSPS) is 27.9. The van der Waals surface area contributed by atoms with Crippen molar-refractivity contribution in [1.82, 2.24) is 19.5 Å². The molecule has 2 aromatic rings. The van der Waals surface area contributed by atoms with Crippen molar-refractivity contribution < 1.29 is 33.8 Å². The number of hydrogen-bond donors (Lipinski definition) is 5. The number of phosphoric ester groups is 1. The zero-order valence-corrected chi connectivity index (χ0v) is 13.3. The lowest BCUT2D eigenvalue weighted by Gasteiger charge is -2.16. The number of rotatable bonds is 4. The Morgan fingerprint density at radius 1 is 1.38 bits per heavy atom. The fraction of sp³-hybridized carbons (Fsp3) is 0.545. The van der Waals surface area contributed by atoms with E-state index in [1.807, 2.05) is 0 Å². The van der Waals surface area contributed by atoms with Gasteiger partial charge in [-0.3, -0.25) is 9.09 Å². The quantitative estimate of drug-likeness (QED) is 0.397. The van der Waals surface area contributed by atoms with E-state index in [-0.39, 0.29) is 5.82 Å². The van der Waals surface area contributed by atoms with Crippen LogP contribution < -0.4 is 5.73 Å². The van der Waals surface area contributed by atoms with Gasteiger partial charge in [-0.2, -0.15) is 0 Å². The first-order valence-electron chi connectivity index (χ1n) is 6.85. The van der Waals surface area contributed by atoms with Crippen molar-refractivity contribution >= 4 is 24.8 Å². The van der Waals surface area contributed by atoms with E-state index in [0.717, 1.165) is 0 Å². The fourth-order valence-corrected chi connectivity index (χ4v) is 2.85. The van der Waals surface area contributed by atoms with Crippen molar-refractivity contribution in [2.24, 2.45) is 0 Å². The molecule has 1 aliphatic rings. The van der Waals surface area contributed by atoms with Gasteiger partial charge >= 0.3 is 7.82 Å². The van der Waals surface area contributed by atoms with E-state index in [0.29, 0.717) is 17.0 Å². The van der Waals surface area contributed by atoms with Crippen LogP contribution in [-0.2, 0) is 13.8 Å². The standard InChI is InChI=1S/C11H16N5O7P/c1-4-14-9(12)6-10(15-4)16(3-13-6)11-8(18)7(17)5(23-11)2-22-24(19,20)21/h3,5,7-8,11,17-18H,2H2,1H3,(H2,12,14,15)(H2,19,20,21). The summed E-state index contributed by atoms with van der Waals surface area (Å²) in [6.45, 7) is 1.03. The van der Waals surface area contributed by atoms with Crippen LogP contribution >= 0.6 is 7.82 Å². The lowest BCUT2D eigenvalue weighted by atomic mass is 10.1. The van der Waals surface area contributed by atoms with E-state index in [4.69, 9.17) is 20.3 Å². The summed E-state index contributed by atoms with van der Waals surface area (Å²) in [4.78, 5) is 29.7. The number of fused-ring (bicyclic) bond motifs is 1. The molecule has 0 aromatic carbocycles. The number of aliphatic hydroxyl groups is 2. The topological polar surface area (TPSA) is 186 Å². The zero-order valence-electron chi connectivity index (χ0n) is 12.4. The fourth-order valence-electron chi connectivity index (χ4n) is 2.51. The highest BCUT2D eigenvalue weighted by Crippen LogP contribution is 2.38. The second-order valence-corrected chi connectivity index (χ2v) is 6.55. The number of nitrogens with two attached hydrogens (primary N) is 1. The number of aliphatic hydroxyl groups excluding tert-OH is 2. The molecule has 3 rings (SSSR count). The monoisotopic (exact) mass is 361 g/mol. The summed E-state index contributed by atoms with van der Waals surface area (Å²) in [5, 5.41) is 20.2. The maximum Gasteiger partial charge on any atom is 0.469 e. The molecule has 1 fully saturated rings. The summed E-state index contributed by atoms with van der Waals surface area (Å²) in [6, 6.07) is 0. The molecule has 13 heteroatoms. The Kier molecular flexibility index (Phi) is 4.30. The first-order valence-corrected chi connectivity index (χ1v) is 8.39. The molecule has 0 amide bonds. The molecule has 1 aliphatic heterocycles. The van der Waals surface area contributed by atoms with Crippen LogP contribution in [0.4, 0.5) is 5.82 Å². The molecular formula is C11H16N5O7P. The van der Waals surface area contributed by atoms with Crippen molar-refractivity contribution in [2.75, 3.05) is 12.3 Å². The molecule has 6 N–H and O–H groups in total. The van der Waals surface area contributed by atoms with Gasteiger partial charge in [-0.15, -0.1) is 0 Å². The van der Waals surface area contributed by atoms with Gasteiger partial charge in [0.05, 0.1) is 12.9 Å². The smallest absolute Gasteiger partial charge is 0.387 e. The summed E-state index contributed by atoms with van der Waals surface area (Å²) < 4.78 is 21.9. The molecule has 0 aliphatic carbocycles. The van der Waals surface area contributed by atoms with Gasteiger partial charge < -0.3 is 30.5 Å². The highest BCUT2D eigenvalue weighted by Gasteiger charge is 2.45. The SMILES string of the molecule is Cc1nc(N)c2ncn(C3OC(COP(=O)(O)O)C(O)C3O)c2n1. The van der Waals surface area contributed by atoms with Crippen molar-refractivity contribution in [3.05, 3.63) is 12.2 Å². The number of nitrogens with zero attached hydrogens (tertiary/aromatic N) is 4. The molecule has 4 atom stereocenters. The van der Waals surface area contributed by atoms with Gasteiger partial charge in [-0.25, -0.2) is 19.5 Å². The molecule has 0 spiro atoms. The van der Waals surface area contributed by atoms with E-state index in [1.54, 1.807) is 6.92 Å². The van der Waals surface area contributed by atoms with Crippen LogP contribution in [0.15, 0.2) is 6.33 Å². The van der Waals surface area contributed by atoms with E-state index >= 15 is 0 Å². The lowest BCUT2D eigenvalue weighted by Crippen LogP contribution is -2.33. The van der Waals surface area contributed by atoms with Crippen molar-refractivity contribution in [3.8, 4) is 0 Å². The predicted molar refractivity (Wildman–Crippen MR) is 78.4 cm³/mol. The molecule has 0 radical (unpaired) electrons. The van der Waals surface area contributed by atoms with E-state index in [1.165, 1.54) is 10.9 Å². The number of phosphoric acid groups is 1. The number of imidazole rings is 1. The average Bonchev–Trinajstić information content (AvgIpc) is 3.00. The molecule has 0 saturated carbocycles. The van der Waals surface area contributed by atoms with Crippen molar-refractivity contribution in [3.63, 3.8) is 0 Å². The Labute approximate surface area is 135 Å². The van der Waals surface area contributed by atoms with E-state index in [9.17, 15) is 14.8 Å². The molecule has 4 unspecified atom stereocenters.